The van der Waals surface area contributed by atoms with E-state index in [2.05, 4.69) is 5.32 Å². The number of carbonyl (C=O) groups is 3. The van der Waals surface area contributed by atoms with Gasteiger partial charge in [0.2, 0.25) is 11.8 Å². The van der Waals surface area contributed by atoms with Crippen molar-refractivity contribution in [2.24, 2.45) is 11.3 Å². The monoisotopic (exact) mass is 280 g/mol. The lowest BCUT2D eigenvalue weighted by Crippen LogP contribution is -2.68. The molecule has 1 aliphatic carbocycles. The molecular formula is C14H20N2O4. The first-order chi connectivity index (χ1) is 9.56. The lowest BCUT2D eigenvalue weighted by molar-refractivity contribution is -0.160. The maximum Gasteiger partial charge on any atom is 0.331 e. The van der Waals surface area contributed by atoms with E-state index in [0.717, 1.165) is 19.3 Å². The van der Waals surface area contributed by atoms with Crippen LogP contribution in [-0.4, -0.2) is 42.0 Å². The highest BCUT2D eigenvalue weighted by atomic mass is 16.5. The quantitative estimate of drug-likeness (QED) is 0.767. The van der Waals surface area contributed by atoms with Gasteiger partial charge in [-0.2, -0.15) is 0 Å². The van der Waals surface area contributed by atoms with Crippen LogP contribution < -0.4 is 5.32 Å². The van der Waals surface area contributed by atoms with Crippen molar-refractivity contribution in [2.75, 3.05) is 13.2 Å². The first-order valence-corrected chi connectivity index (χ1v) is 7.33. The van der Waals surface area contributed by atoms with Gasteiger partial charge in [0.1, 0.15) is 5.41 Å². The predicted molar refractivity (Wildman–Crippen MR) is 69.7 cm³/mol. The molecule has 110 valence electrons. The minimum absolute atomic E-state index is 0.183. The van der Waals surface area contributed by atoms with E-state index in [9.17, 15) is 14.4 Å². The van der Waals surface area contributed by atoms with E-state index in [1.807, 2.05) is 6.92 Å². The van der Waals surface area contributed by atoms with Gasteiger partial charge in [0, 0.05) is 19.3 Å². The lowest BCUT2D eigenvalue weighted by Gasteiger charge is -2.47. The summed E-state index contributed by atoms with van der Waals surface area (Å²) in [5.74, 6) is -0.450. The van der Waals surface area contributed by atoms with Crippen LogP contribution in [0.1, 0.15) is 39.0 Å². The zero-order chi connectivity index (χ0) is 14.3. The first kappa shape index (κ1) is 13.5. The van der Waals surface area contributed by atoms with Crippen LogP contribution in [-0.2, 0) is 14.3 Å². The highest BCUT2D eigenvalue weighted by Crippen LogP contribution is 2.45. The molecule has 1 atom stereocenters. The minimum atomic E-state index is -0.965. The third-order valence-electron chi connectivity index (χ3n) is 5.06. The highest BCUT2D eigenvalue weighted by molar-refractivity contribution is 6.19. The molecule has 3 fully saturated rings. The van der Waals surface area contributed by atoms with Crippen LogP contribution in [0.2, 0.25) is 0 Å². The van der Waals surface area contributed by atoms with Crippen molar-refractivity contribution >= 4 is 17.8 Å². The van der Waals surface area contributed by atoms with Crippen LogP contribution in [0.5, 0.6) is 0 Å². The largest absolute Gasteiger partial charge is 0.381 e. The van der Waals surface area contributed by atoms with E-state index in [1.165, 1.54) is 4.90 Å². The number of rotatable bonds is 2. The van der Waals surface area contributed by atoms with Gasteiger partial charge >= 0.3 is 6.03 Å². The number of hydrogen-bond acceptors (Lipinski definition) is 4. The number of carbonyl (C=O) groups excluding carboxylic acids is 3. The van der Waals surface area contributed by atoms with Gasteiger partial charge in [-0.1, -0.05) is 6.42 Å². The van der Waals surface area contributed by atoms with Crippen molar-refractivity contribution in [3.63, 3.8) is 0 Å². The molecule has 2 saturated heterocycles. The van der Waals surface area contributed by atoms with E-state index in [1.54, 1.807) is 0 Å². The molecule has 0 aromatic carbocycles. The Morgan fingerprint density at radius 1 is 1.25 bits per heavy atom. The zero-order valence-electron chi connectivity index (χ0n) is 11.7. The summed E-state index contributed by atoms with van der Waals surface area (Å²) < 4.78 is 5.32. The third-order valence-corrected chi connectivity index (χ3v) is 5.06. The fourth-order valence-electron chi connectivity index (χ4n) is 3.45. The molecule has 3 aliphatic rings. The molecule has 0 radical (unpaired) electrons. The highest BCUT2D eigenvalue weighted by Gasteiger charge is 2.58. The van der Waals surface area contributed by atoms with Crippen LogP contribution in [0, 0.1) is 11.3 Å². The van der Waals surface area contributed by atoms with Crippen molar-refractivity contribution in [1.82, 2.24) is 10.2 Å². The van der Waals surface area contributed by atoms with Crippen LogP contribution in [0.4, 0.5) is 4.79 Å². The number of ether oxygens (including phenoxy) is 1. The van der Waals surface area contributed by atoms with E-state index in [0.29, 0.717) is 26.1 Å². The molecule has 2 aliphatic heterocycles. The van der Waals surface area contributed by atoms with Gasteiger partial charge in [0.25, 0.3) is 0 Å². The number of nitrogens with one attached hydrogen (secondary N) is 1. The van der Waals surface area contributed by atoms with Gasteiger partial charge < -0.3 is 4.74 Å². The van der Waals surface area contributed by atoms with Crippen molar-refractivity contribution in [2.45, 2.75) is 45.1 Å². The van der Waals surface area contributed by atoms with Gasteiger partial charge in [0.15, 0.2) is 0 Å². The van der Waals surface area contributed by atoms with Crippen molar-refractivity contribution in [3.8, 4) is 0 Å². The Labute approximate surface area is 117 Å². The van der Waals surface area contributed by atoms with Gasteiger partial charge in [-0.15, -0.1) is 0 Å². The summed E-state index contributed by atoms with van der Waals surface area (Å²) in [4.78, 5) is 38.0. The van der Waals surface area contributed by atoms with E-state index in [-0.39, 0.29) is 17.9 Å². The smallest absolute Gasteiger partial charge is 0.331 e. The third kappa shape index (κ3) is 1.85. The summed E-state index contributed by atoms with van der Waals surface area (Å²) in [6.45, 7) is 3.24. The molecule has 1 spiro atoms. The summed E-state index contributed by atoms with van der Waals surface area (Å²) in [6, 6.07) is -0.742. The number of hydrogen-bond donors (Lipinski definition) is 1. The molecule has 6 heteroatoms. The average Bonchev–Trinajstić information content (AvgIpc) is 2.37. The molecule has 1 unspecified atom stereocenters. The van der Waals surface area contributed by atoms with Crippen LogP contribution in [0.3, 0.4) is 0 Å². The van der Waals surface area contributed by atoms with Gasteiger partial charge in [-0.25, -0.2) is 4.79 Å². The molecule has 20 heavy (non-hydrogen) atoms. The van der Waals surface area contributed by atoms with Crippen molar-refractivity contribution < 1.29 is 19.1 Å². The van der Waals surface area contributed by atoms with E-state index >= 15 is 0 Å². The van der Waals surface area contributed by atoms with Crippen LogP contribution >= 0.6 is 0 Å². The number of barbiturate groups is 1. The first-order valence-electron chi connectivity index (χ1n) is 7.33. The SMILES string of the molecule is CC(C1CCOCC1)N1C(=O)NC(=O)C2(CCC2)C1=O. The minimum Gasteiger partial charge on any atom is -0.381 e. The maximum atomic E-state index is 12.6. The molecule has 1 saturated carbocycles. The summed E-state index contributed by atoms with van der Waals surface area (Å²) in [5, 5.41) is 2.37. The van der Waals surface area contributed by atoms with Crippen molar-refractivity contribution in [3.05, 3.63) is 0 Å². The summed E-state index contributed by atoms with van der Waals surface area (Å²) in [6.07, 6.45) is 3.68. The lowest BCUT2D eigenvalue weighted by atomic mass is 9.66. The summed E-state index contributed by atoms with van der Waals surface area (Å²) in [5.41, 5.74) is -0.965. The van der Waals surface area contributed by atoms with Gasteiger partial charge in [-0.05, 0) is 38.5 Å². The predicted octanol–water partition coefficient (Wildman–Crippen LogP) is 1.05. The standard InChI is InChI=1S/C14H20N2O4/c1-9(10-3-7-20-8-4-10)16-12(18)14(5-2-6-14)11(17)15-13(16)19/h9-10H,2-8H2,1H3,(H,15,17,19). The Morgan fingerprint density at radius 2 is 1.90 bits per heavy atom. The number of nitrogens with zero attached hydrogens (tertiary/aromatic N) is 1. The Morgan fingerprint density at radius 3 is 2.45 bits per heavy atom. The molecule has 6 nitrogen and oxygen atoms in total. The molecule has 4 amide bonds. The normalized spacial score (nSPS) is 28.2. The van der Waals surface area contributed by atoms with Crippen LogP contribution in [0.25, 0.3) is 0 Å². The second-order valence-corrected chi connectivity index (χ2v) is 6.06. The van der Waals surface area contributed by atoms with Gasteiger partial charge in [0.05, 0.1) is 0 Å². The molecule has 0 bridgehead atoms. The fourth-order valence-corrected chi connectivity index (χ4v) is 3.45. The van der Waals surface area contributed by atoms with Crippen LogP contribution in [0.15, 0.2) is 0 Å². The summed E-state index contributed by atoms with van der Waals surface area (Å²) in [7, 11) is 0. The number of urea groups is 1. The number of imide groups is 2. The topological polar surface area (TPSA) is 75.7 Å². The van der Waals surface area contributed by atoms with Crippen molar-refractivity contribution in [1.29, 1.82) is 0 Å². The molecule has 0 aromatic heterocycles. The summed E-state index contributed by atoms with van der Waals surface area (Å²) >= 11 is 0. The molecule has 3 rings (SSSR count). The second-order valence-electron chi connectivity index (χ2n) is 6.06. The Kier molecular flexibility index (Phi) is 3.28. The Balaban J connectivity index is 1.81. The average molecular weight is 280 g/mol. The number of amides is 4. The Bertz CT molecular complexity index is 452. The Hall–Kier alpha value is -1.43. The fraction of sp³-hybridized carbons (Fsp3) is 0.786. The maximum absolute atomic E-state index is 12.6. The van der Waals surface area contributed by atoms with E-state index in [4.69, 9.17) is 4.74 Å². The van der Waals surface area contributed by atoms with Gasteiger partial charge in [-0.3, -0.25) is 19.8 Å². The molecular weight excluding hydrogens is 260 g/mol. The van der Waals surface area contributed by atoms with E-state index < -0.39 is 17.4 Å². The second kappa shape index (κ2) is 4.84. The zero-order valence-corrected chi connectivity index (χ0v) is 11.7. The molecule has 0 aromatic rings. The molecule has 1 N–H and O–H groups in total. The molecule has 2 heterocycles.